The Labute approximate surface area is 102 Å². The molecule has 1 aliphatic rings. The normalized spacial score (nSPS) is 30.9. The van der Waals surface area contributed by atoms with Gasteiger partial charge in [0, 0.05) is 6.04 Å². The maximum absolute atomic E-state index is 3.76. The summed E-state index contributed by atoms with van der Waals surface area (Å²) in [6.45, 7) is 7.23. The highest BCUT2D eigenvalue weighted by molar-refractivity contribution is 4.81. The van der Waals surface area contributed by atoms with Gasteiger partial charge in [-0.3, -0.25) is 0 Å². The van der Waals surface area contributed by atoms with Crippen LogP contribution >= 0.6 is 0 Å². The molecule has 1 rings (SSSR count). The zero-order chi connectivity index (χ0) is 12.0. The van der Waals surface area contributed by atoms with Crippen LogP contribution in [0, 0.1) is 11.8 Å². The molecule has 0 radical (unpaired) electrons. The number of nitrogens with zero attached hydrogens (tertiary/aromatic N) is 1. The van der Waals surface area contributed by atoms with Crippen molar-refractivity contribution in [3.05, 3.63) is 0 Å². The number of rotatable bonds is 6. The summed E-state index contributed by atoms with van der Waals surface area (Å²) in [5.41, 5.74) is 0. The Bertz CT molecular complexity index is 180. The Kier molecular flexibility index (Phi) is 6.37. The second-order valence-corrected chi connectivity index (χ2v) is 5.97. The molecule has 0 aromatic heterocycles. The van der Waals surface area contributed by atoms with Gasteiger partial charge < -0.3 is 10.2 Å². The number of unbranched alkanes of at least 4 members (excludes halogenated alkanes) is 1. The van der Waals surface area contributed by atoms with Crippen LogP contribution < -0.4 is 5.32 Å². The van der Waals surface area contributed by atoms with E-state index < -0.39 is 0 Å². The SMILES string of the molecule is CC1CCC(C)C(NCCCCN(C)C)C1. The lowest BCUT2D eigenvalue weighted by Crippen LogP contribution is -2.40. The Hall–Kier alpha value is -0.0800. The monoisotopic (exact) mass is 226 g/mol. The average Bonchev–Trinajstić information content (AvgIpc) is 2.22. The summed E-state index contributed by atoms with van der Waals surface area (Å²) in [6.07, 6.45) is 6.86. The fourth-order valence-corrected chi connectivity index (χ4v) is 2.66. The Morgan fingerprint density at radius 2 is 1.88 bits per heavy atom. The first kappa shape index (κ1) is 14.0. The quantitative estimate of drug-likeness (QED) is 0.701. The largest absolute Gasteiger partial charge is 0.314 e. The molecule has 3 unspecified atom stereocenters. The summed E-state index contributed by atoms with van der Waals surface area (Å²) in [7, 11) is 4.30. The highest BCUT2D eigenvalue weighted by Crippen LogP contribution is 2.28. The highest BCUT2D eigenvalue weighted by atomic mass is 15.0. The minimum Gasteiger partial charge on any atom is -0.314 e. The molecule has 1 saturated carbocycles. The molecular weight excluding hydrogens is 196 g/mol. The van der Waals surface area contributed by atoms with Gasteiger partial charge >= 0.3 is 0 Å². The van der Waals surface area contributed by atoms with Crippen molar-refractivity contribution in [1.29, 1.82) is 0 Å². The lowest BCUT2D eigenvalue weighted by Gasteiger charge is -2.33. The van der Waals surface area contributed by atoms with E-state index in [0.29, 0.717) is 0 Å². The molecule has 0 spiro atoms. The van der Waals surface area contributed by atoms with Gasteiger partial charge in [0.2, 0.25) is 0 Å². The second-order valence-electron chi connectivity index (χ2n) is 5.97. The molecule has 96 valence electrons. The minimum atomic E-state index is 0.781. The van der Waals surface area contributed by atoms with Crippen molar-refractivity contribution < 1.29 is 0 Å². The van der Waals surface area contributed by atoms with Crippen LogP contribution in [0.2, 0.25) is 0 Å². The molecule has 0 saturated heterocycles. The molecule has 0 bridgehead atoms. The summed E-state index contributed by atoms with van der Waals surface area (Å²) >= 11 is 0. The van der Waals surface area contributed by atoms with Crippen LogP contribution in [-0.4, -0.2) is 38.1 Å². The van der Waals surface area contributed by atoms with E-state index in [1.165, 1.54) is 45.2 Å². The third-order valence-electron chi connectivity index (χ3n) is 3.90. The molecule has 0 aliphatic heterocycles. The molecule has 0 aromatic rings. The van der Waals surface area contributed by atoms with Gasteiger partial charge in [0.05, 0.1) is 0 Å². The topological polar surface area (TPSA) is 15.3 Å². The third kappa shape index (κ3) is 5.31. The van der Waals surface area contributed by atoms with Crippen molar-refractivity contribution in [3.8, 4) is 0 Å². The van der Waals surface area contributed by atoms with E-state index >= 15 is 0 Å². The molecular formula is C14H30N2. The number of nitrogens with one attached hydrogen (secondary N) is 1. The van der Waals surface area contributed by atoms with Crippen LogP contribution in [0.25, 0.3) is 0 Å². The molecule has 0 amide bonds. The Morgan fingerprint density at radius 1 is 1.12 bits per heavy atom. The van der Waals surface area contributed by atoms with Gasteiger partial charge in [-0.05, 0) is 64.7 Å². The summed E-state index contributed by atoms with van der Waals surface area (Å²) in [5.74, 6) is 1.81. The molecule has 1 aliphatic carbocycles. The summed E-state index contributed by atoms with van der Waals surface area (Å²) in [4.78, 5) is 2.27. The summed E-state index contributed by atoms with van der Waals surface area (Å²) in [6, 6.07) is 0.781. The van der Waals surface area contributed by atoms with Crippen LogP contribution in [0.3, 0.4) is 0 Å². The zero-order valence-corrected chi connectivity index (χ0v) is 11.6. The van der Waals surface area contributed by atoms with Gasteiger partial charge in [0.1, 0.15) is 0 Å². The molecule has 16 heavy (non-hydrogen) atoms. The van der Waals surface area contributed by atoms with Crippen LogP contribution in [0.5, 0.6) is 0 Å². The Morgan fingerprint density at radius 3 is 2.56 bits per heavy atom. The van der Waals surface area contributed by atoms with Crippen LogP contribution in [-0.2, 0) is 0 Å². The van der Waals surface area contributed by atoms with Gasteiger partial charge in [0.15, 0.2) is 0 Å². The van der Waals surface area contributed by atoms with E-state index in [-0.39, 0.29) is 0 Å². The predicted molar refractivity (Wildman–Crippen MR) is 71.8 cm³/mol. The molecule has 2 heteroatoms. The van der Waals surface area contributed by atoms with Crippen LogP contribution in [0.15, 0.2) is 0 Å². The molecule has 0 aromatic carbocycles. The van der Waals surface area contributed by atoms with E-state index in [9.17, 15) is 0 Å². The fourth-order valence-electron chi connectivity index (χ4n) is 2.66. The smallest absolute Gasteiger partial charge is 0.00952 e. The third-order valence-corrected chi connectivity index (χ3v) is 3.90. The minimum absolute atomic E-state index is 0.781. The van der Waals surface area contributed by atoms with Crippen molar-refractivity contribution in [2.75, 3.05) is 27.2 Å². The first-order chi connectivity index (χ1) is 7.59. The van der Waals surface area contributed by atoms with E-state index in [1.807, 2.05) is 0 Å². The second kappa shape index (κ2) is 7.29. The highest BCUT2D eigenvalue weighted by Gasteiger charge is 2.24. The average molecular weight is 226 g/mol. The number of hydrogen-bond acceptors (Lipinski definition) is 2. The maximum Gasteiger partial charge on any atom is 0.00952 e. The van der Waals surface area contributed by atoms with Crippen molar-refractivity contribution in [2.24, 2.45) is 11.8 Å². The van der Waals surface area contributed by atoms with Gasteiger partial charge in [-0.1, -0.05) is 20.3 Å². The molecule has 0 heterocycles. The lowest BCUT2D eigenvalue weighted by atomic mass is 9.80. The summed E-state index contributed by atoms with van der Waals surface area (Å²) in [5, 5.41) is 3.76. The lowest BCUT2D eigenvalue weighted by molar-refractivity contribution is 0.227. The molecule has 2 nitrogen and oxygen atoms in total. The van der Waals surface area contributed by atoms with Gasteiger partial charge in [-0.15, -0.1) is 0 Å². The first-order valence-electron chi connectivity index (χ1n) is 6.97. The molecule has 3 atom stereocenters. The van der Waals surface area contributed by atoms with Crippen LogP contribution in [0.1, 0.15) is 46.0 Å². The maximum atomic E-state index is 3.76. The van der Waals surface area contributed by atoms with E-state index in [0.717, 1.165) is 17.9 Å². The molecule has 1 fully saturated rings. The molecule has 1 N–H and O–H groups in total. The van der Waals surface area contributed by atoms with Crippen molar-refractivity contribution in [1.82, 2.24) is 10.2 Å². The van der Waals surface area contributed by atoms with Crippen molar-refractivity contribution in [2.45, 2.75) is 52.0 Å². The zero-order valence-electron chi connectivity index (χ0n) is 11.6. The van der Waals surface area contributed by atoms with Gasteiger partial charge in [0.25, 0.3) is 0 Å². The van der Waals surface area contributed by atoms with E-state index in [1.54, 1.807) is 0 Å². The van der Waals surface area contributed by atoms with Crippen molar-refractivity contribution in [3.63, 3.8) is 0 Å². The van der Waals surface area contributed by atoms with Crippen LogP contribution in [0.4, 0.5) is 0 Å². The van der Waals surface area contributed by atoms with E-state index in [4.69, 9.17) is 0 Å². The fraction of sp³-hybridized carbons (Fsp3) is 1.00. The van der Waals surface area contributed by atoms with Crippen molar-refractivity contribution >= 4 is 0 Å². The summed E-state index contributed by atoms with van der Waals surface area (Å²) < 4.78 is 0. The van der Waals surface area contributed by atoms with Gasteiger partial charge in [-0.2, -0.15) is 0 Å². The standard InChI is InChI=1S/C14H30N2/c1-12-7-8-13(2)14(11-12)15-9-5-6-10-16(3)4/h12-15H,5-11H2,1-4H3. The van der Waals surface area contributed by atoms with Gasteiger partial charge in [-0.25, -0.2) is 0 Å². The Balaban J connectivity index is 2.07. The van der Waals surface area contributed by atoms with E-state index in [2.05, 4.69) is 38.2 Å². The number of hydrogen-bond donors (Lipinski definition) is 1. The first-order valence-corrected chi connectivity index (χ1v) is 6.97. The predicted octanol–water partition coefficient (Wildman–Crippen LogP) is 2.74.